The van der Waals surface area contributed by atoms with Gasteiger partial charge in [0.05, 0.1) is 17.7 Å². The van der Waals surface area contributed by atoms with Crippen molar-refractivity contribution < 1.29 is 9.47 Å². The summed E-state index contributed by atoms with van der Waals surface area (Å²) in [7, 11) is 0. The number of aromatic nitrogens is 4. The van der Waals surface area contributed by atoms with Gasteiger partial charge in [0.2, 0.25) is 11.8 Å². The number of rotatable bonds is 8. The van der Waals surface area contributed by atoms with E-state index in [1.807, 2.05) is 96.1 Å². The second kappa shape index (κ2) is 15.4. The van der Waals surface area contributed by atoms with Crippen LogP contribution in [0.3, 0.4) is 0 Å². The zero-order chi connectivity index (χ0) is 37.8. The first-order valence-corrected chi connectivity index (χ1v) is 17.6. The van der Waals surface area contributed by atoms with Gasteiger partial charge < -0.3 is 9.47 Å². The largest absolute Gasteiger partial charge is 0.440 e. The fourth-order valence-corrected chi connectivity index (χ4v) is 6.71. The van der Waals surface area contributed by atoms with Gasteiger partial charge >= 0.3 is 11.4 Å². The Kier molecular flexibility index (Phi) is 10.6. The second-order valence-electron chi connectivity index (χ2n) is 13.2. The minimum absolute atomic E-state index is 0.209. The number of benzene rings is 5. The molecule has 0 saturated heterocycles. The van der Waals surface area contributed by atoms with Crippen LogP contribution >= 0.6 is 0 Å². The smallest absolute Gasteiger partial charge is 0.331 e. The highest BCUT2D eigenvalue weighted by Crippen LogP contribution is 2.31. The first-order valence-electron chi connectivity index (χ1n) is 17.6. The molecular formula is C43H42N4O6. The zero-order valence-electron chi connectivity index (χ0n) is 30.7. The molecule has 2 heterocycles. The Balaban J connectivity index is 0.000000214. The van der Waals surface area contributed by atoms with Crippen molar-refractivity contribution >= 4 is 21.5 Å². The molecule has 0 spiro atoms. The molecule has 53 heavy (non-hydrogen) atoms. The maximum Gasteiger partial charge on any atom is 0.331 e. The summed E-state index contributed by atoms with van der Waals surface area (Å²) in [6.45, 7) is 11.9. The van der Waals surface area contributed by atoms with E-state index in [0.29, 0.717) is 41.3 Å². The van der Waals surface area contributed by atoms with Crippen molar-refractivity contribution in [3.05, 3.63) is 172 Å². The highest BCUT2D eigenvalue weighted by molar-refractivity contribution is 6.02. The van der Waals surface area contributed by atoms with E-state index in [0.717, 1.165) is 49.4 Å². The van der Waals surface area contributed by atoms with Crippen LogP contribution < -0.4 is 32.0 Å². The summed E-state index contributed by atoms with van der Waals surface area (Å²) in [5.74, 6) is 1.71. The maximum absolute atomic E-state index is 13.2. The molecule has 0 atom stereocenters. The number of hydrogen-bond acceptors (Lipinski definition) is 6. The first-order chi connectivity index (χ1) is 25.4. The standard InChI is InChI=1S/C29H26N2O3.C14H16N2O3/c1-4-23-27(32)30-29(33)31(28(23)34-22-14-18(2)13-19(3)15-22)17-26-24-11-7-5-9-20(24)16-21-10-6-8-12-25(21)26;1-4-11-12(17)15-14(18)16-13(11)19-10-6-8(2)5-9(3)7-10/h5-16H,4,17H2,1-3H3,(H,30,32,33);5-7H,4H2,1-3H3,(H2,15,16,17,18). The number of ether oxygens (including phenoxy) is 2. The number of nitrogens with one attached hydrogen (secondary N) is 3. The van der Waals surface area contributed by atoms with Gasteiger partial charge in [-0.2, -0.15) is 0 Å². The highest BCUT2D eigenvalue weighted by Gasteiger charge is 2.19. The number of aryl methyl sites for hydroxylation is 4. The summed E-state index contributed by atoms with van der Waals surface area (Å²) in [5.41, 5.74) is 4.22. The molecule has 0 aliphatic rings. The van der Waals surface area contributed by atoms with Gasteiger partial charge in [-0.05, 0) is 120 Å². The molecule has 3 N–H and O–H groups in total. The van der Waals surface area contributed by atoms with Crippen LogP contribution in [0.1, 0.15) is 52.8 Å². The van der Waals surface area contributed by atoms with Crippen LogP contribution in [0.2, 0.25) is 0 Å². The molecule has 7 aromatic rings. The molecule has 5 aromatic carbocycles. The molecule has 0 fully saturated rings. The van der Waals surface area contributed by atoms with Crippen molar-refractivity contribution in [2.24, 2.45) is 0 Å². The van der Waals surface area contributed by atoms with Crippen molar-refractivity contribution in [2.75, 3.05) is 0 Å². The molecule has 0 radical (unpaired) electrons. The third kappa shape index (κ3) is 8.07. The van der Waals surface area contributed by atoms with E-state index in [1.54, 1.807) is 4.57 Å². The second-order valence-corrected chi connectivity index (χ2v) is 13.2. The van der Waals surface area contributed by atoms with Crippen LogP contribution in [0.5, 0.6) is 23.3 Å². The van der Waals surface area contributed by atoms with E-state index in [4.69, 9.17) is 9.47 Å². The van der Waals surface area contributed by atoms with Gasteiger partial charge in [0.25, 0.3) is 11.1 Å². The van der Waals surface area contributed by atoms with Crippen LogP contribution in [0.15, 0.2) is 110 Å². The summed E-state index contributed by atoms with van der Waals surface area (Å²) in [4.78, 5) is 56.0. The number of nitrogens with zero attached hydrogens (tertiary/aromatic N) is 1. The Morgan fingerprint density at radius 3 is 1.57 bits per heavy atom. The predicted octanol–water partition coefficient (Wildman–Crippen LogP) is 7.90. The lowest BCUT2D eigenvalue weighted by Crippen LogP contribution is -2.33. The van der Waals surface area contributed by atoms with Gasteiger partial charge in [-0.3, -0.25) is 29.1 Å². The molecule has 0 unspecified atom stereocenters. The average molecular weight is 711 g/mol. The topological polar surface area (TPSA) is 139 Å². The summed E-state index contributed by atoms with van der Waals surface area (Å²) in [6.07, 6.45) is 0.915. The lowest BCUT2D eigenvalue weighted by molar-refractivity contribution is 0.414. The van der Waals surface area contributed by atoms with Crippen LogP contribution in [-0.2, 0) is 19.4 Å². The highest BCUT2D eigenvalue weighted by atomic mass is 16.5. The molecular weight excluding hydrogens is 668 g/mol. The van der Waals surface area contributed by atoms with Crippen molar-refractivity contribution in [2.45, 2.75) is 60.9 Å². The molecule has 0 aliphatic carbocycles. The normalized spacial score (nSPS) is 11.0. The predicted molar refractivity (Wildman–Crippen MR) is 210 cm³/mol. The molecule has 7 rings (SSSR count). The van der Waals surface area contributed by atoms with Crippen LogP contribution in [0.25, 0.3) is 21.5 Å². The molecule has 0 saturated carbocycles. The molecule has 10 heteroatoms. The number of aromatic amines is 3. The third-order valence-electron chi connectivity index (χ3n) is 8.98. The van der Waals surface area contributed by atoms with E-state index in [2.05, 4.69) is 51.4 Å². The Hall–Kier alpha value is -6.42. The van der Waals surface area contributed by atoms with Crippen LogP contribution in [-0.4, -0.2) is 19.5 Å². The molecule has 10 nitrogen and oxygen atoms in total. The quantitative estimate of drug-likeness (QED) is 0.137. The zero-order valence-corrected chi connectivity index (χ0v) is 30.7. The number of H-pyrrole nitrogens is 3. The Labute approximate surface area is 305 Å². The number of hydrogen-bond donors (Lipinski definition) is 3. The van der Waals surface area contributed by atoms with E-state index in [1.165, 1.54) is 0 Å². The Bertz CT molecular complexity index is 2620. The summed E-state index contributed by atoms with van der Waals surface area (Å²) < 4.78 is 13.5. The van der Waals surface area contributed by atoms with Crippen molar-refractivity contribution in [1.82, 2.24) is 19.5 Å². The van der Waals surface area contributed by atoms with E-state index in [9.17, 15) is 19.2 Å². The maximum atomic E-state index is 13.2. The SMILES string of the molecule is CCc1c(Oc2cc(C)cc(C)c2)[nH]c(=O)[nH]c1=O.CCc1c(Oc2cc(C)cc(C)c2)n(Cc2c3ccccc3cc3ccccc23)c(=O)[nH]c1=O. The van der Waals surface area contributed by atoms with Crippen LogP contribution in [0, 0.1) is 27.7 Å². The van der Waals surface area contributed by atoms with Gasteiger partial charge in [0.15, 0.2) is 0 Å². The fourth-order valence-electron chi connectivity index (χ4n) is 6.71. The van der Waals surface area contributed by atoms with Crippen molar-refractivity contribution in [3.63, 3.8) is 0 Å². The summed E-state index contributed by atoms with van der Waals surface area (Å²) in [6, 6.07) is 30.1. The van der Waals surface area contributed by atoms with Crippen molar-refractivity contribution in [3.8, 4) is 23.3 Å². The minimum Gasteiger partial charge on any atom is -0.440 e. The van der Waals surface area contributed by atoms with Gasteiger partial charge in [-0.25, -0.2) is 9.59 Å². The molecule has 0 aliphatic heterocycles. The fraction of sp³-hybridized carbons (Fsp3) is 0.209. The molecule has 2 aromatic heterocycles. The van der Waals surface area contributed by atoms with E-state index >= 15 is 0 Å². The van der Waals surface area contributed by atoms with Crippen LogP contribution in [0.4, 0.5) is 0 Å². The van der Waals surface area contributed by atoms with Gasteiger partial charge in [-0.15, -0.1) is 0 Å². The number of fused-ring (bicyclic) bond motifs is 2. The average Bonchev–Trinajstić information content (AvgIpc) is 3.09. The van der Waals surface area contributed by atoms with E-state index < -0.39 is 22.5 Å². The van der Waals surface area contributed by atoms with Crippen molar-refractivity contribution in [1.29, 1.82) is 0 Å². The van der Waals surface area contributed by atoms with E-state index in [-0.39, 0.29) is 12.4 Å². The molecule has 270 valence electrons. The lowest BCUT2D eigenvalue weighted by Gasteiger charge is -2.19. The van der Waals surface area contributed by atoms with Gasteiger partial charge in [0, 0.05) is 0 Å². The summed E-state index contributed by atoms with van der Waals surface area (Å²) in [5, 5.41) is 4.33. The summed E-state index contributed by atoms with van der Waals surface area (Å²) >= 11 is 0. The Morgan fingerprint density at radius 1 is 0.547 bits per heavy atom. The van der Waals surface area contributed by atoms with Gasteiger partial charge in [0.1, 0.15) is 11.5 Å². The lowest BCUT2D eigenvalue weighted by atomic mass is 9.96. The Morgan fingerprint density at radius 2 is 1.04 bits per heavy atom. The molecule has 0 bridgehead atoms. The third-order valence-corrected chi connectivity index (χ3v) is 8.98. The molecule has 0 amide bonds. The van der Waals surface area contributed by atoms with Gasteiger partial charge in [-0.1, -0.05) is 74.5 Å². The monoisotopic (exact) mass is 710 g/mol. The minimum atomic E-state index is -0.568. The first kappa shape index (κ1) is 36.4.